The van der Waals surface area contributed by atoms with E-state index in [1.165, 1.54) is 0 Å². The zero-order valence-electron chi connectivity index (χ0n) is 14.9. The van der Waals surface area contributed by atoms with Crippen LogP contribution in [0.3, 0.4) is 0 Å². The molecule has 0 radical (unpaired) electrons. The van der Waals surface area contributed by atoms with Crippen LogP contribution >= 0.6 is 12.4 Å². The van der Waals surface area contributed by atoms with E-state index in [9.17, 15) is 4.79 Å². The summed E-state index contributed by atoms with van der Waals surface area (Å²) in [7, 11) is 0. The van der Waals surface area contributed by atoms with E-state index in [1.54, 1.807) is 6.07 Å². The van der Waals surface area contributed by atoms with Gasteiger partial charge < -0.3 is 15.2 Å². The lowest BCUT2D eigenvalue weighted by molar-refractivity contribution is 0.0929. The minimum atomic E-state index is -0.163. The molecule has 0 bridgehead atoms. The third kappa shape index (κ3) is 4.22. The third-order valence-corrected chi connectivity index (χ3v) is 4.64. The number of halogens is 1. The molecule has 2 unspecified atom stereocenters. The molecule has 1 aliphatic rings. The van der Waals surface area contributed by atoms with Crippen molar-refractivity contribution in [3.8, 4) is 0 Å². The van der Waals surface area contributed by atoms with Crippen LogP contribution in [0.2, 0.25) is 0 Å². The van der Waals surface area contributed by atoms with E-state index in [-0.39, 0.29) is 24.4 Å². The average Bonchev–Trinajstić information content (AvgIpc) is 3.21. The molecule has 0 aliphatic carbocycles. The van der Waals surface area contributed by atoms with Gasteiger partial charge >= 0.3 is 0 Å². The van der Waals surface area contributed by atoms with Gasteiger partial charge in [-0.1, -0.05) is 12.1 Å². The van der Waals surface area contributed by atoms with Crippen molar-refractivity contribution in [2.24, 2.45) is 0 Å². The van der Waals surface area contributed by atoms with Crippen molar-refractivity contribution >= 4 is 18.3 Å². The number of hydrogen-bond donors (Lipinski definition) is 2. The zero-order valence-corrected chi connectivity index (χ0v) is 15.7. The van der Waals surface area contributed by atoms with Gasteiger partial charge in [-0.15, -0.1) is 12.4 Å². The summed E-state index contributed by atoms with van der Waals surface area (Å²) in [5.41, 5.74) is 2.23. The van der Waals surface area contributed by atoms with E-state index in [2.05, 4.69) is 20.9 Å². The molecule has 0 spiro atoms. The normalized spacial score (nSPS) is 18.4. The third-order valence-electron chi connectivity index (χ3n) is 4.64. The number of nitrogens with zero attached hydrogens (tertiary/aromatic N) is 3. The van der Waals surface area contributed by atoms with Gasteiger partial charge in [-0.2, -0.15) is 5.10 Å². The maximum absolute atomic E-state index is 12.6. The number of amides is 1. The van der Waals surface area contributed by atoms with E-state index in [0.29, 0.717) is 11.7 Å². The van der Waals surface area contributed by atoms with E-state index < -0.39 is 0 Å². The highest BCUT2D eigenvalue weighted by Gasteiger charge is 2.23. The number of rotatable bonds is 5. The fraction of sp³-hybridized carbons (Fsp3) is 0.588. The second-order valence-electron chi connectivity index (χ2n) is 6.35. The lowest BCUT2D eigenvalue weighted by Gasteiger charge is -2.23. The van der Waals surface area contributed by atoms with Crippen molar-refractivity contribution in [3.05, 3.63) is 35.0 Å². The van der Waals surface area contributed by atoms with Crippen LogP contribution < -0.4 is 10.6 Å². The van der Waals surface area contributed by atoms with Gasteiger partial charge in [0.15, 0.2) is 0 Å². The molecule has 0 aromatic carbocycles. The molecule has 1 fully saturated rings. The Kier molecular flexibility index (Phi) is 6.61. The molecule has 3 heterocycles. The van der Waals surface area contributed by atoms with Crippen molar-refractivity contribution in [1.82, 2.24) is 25.6 Å². The van der Waals surface area contributed by atoms with Crippen molar-refractivity contribution in [2.75, 3.05) is 13.1 Å². The van der Waals surface area contributed by atoms with Crippen LogP contribution in [0.25, 0.3) is 0 Å². The maximum atomic E-state index is 12.6. The van der Waals surface area contributed by atoms with Crippen LogP contribution in [0, 0.1) is 13.8 Å². The molecule has 25 heavy (non-hydrogen) atoms. The first-order valence-electron chi connectivity index (χ1n) is 8.59. The number of piperidine rings is 1. The Balaban J connectivity index is 0.00000225. The van der Waals surface area contributed by atoms with Crippen LogP contribution in [0.1, 0.15) is 65.8 Å². The summed E-state index contributed by atoms with van der Waals surface area (Å²) in [5.74, 6) is 0.586. The first kappa shape index (κ1) is 19.5. The van der Waals surface area contributed by atoms with Crippen LogP contribution in [0.15, 0.2) is 16.8 Å². The lowest BCUT2D eigenvalue weighted by Crippen LogP contribution is -2.32. The molecule has 1 amide bonds. The Bertz CT molecular complexity index is 686. The van der Waals surface area contributed by atoms with E-state index >= 15 is 0 Å². The van der Waals surface area contributed by atoms with Gasteiger partial charge in [-0.25, -0.2) is 0 Å². The summed E-state index contributed by atoms with van der Waals surface area (Å²) in [4.78, 5) is 12.6. The van der Waals surface area contributed by atoms with E-state index in [1.807, 2.05) is 31.6 Å². The first-order chi connectivity index (χ1) is 11.6. The van der Waals surface area contributed by atoms with Crippen molar-refractivity contribution in [3.63, 3.8) is 0 Å². The molecule has 3 rings (SSSR count). The molecule has 1 aliphatic heterocycles. The van der Waals surface area contributed by atoms with Gasteiger partial charge in [-0.3, -0.25) is 9.48 Å². The van der Waals surface area contributed by atoms with Crippen molar-refractivity contribution < 1.29 is 9.32 Å². The van der Waals surface area contributed by atoms with Crippen LogP contribution in [0.5, 0.6) is 0 Å². The fourth-order valence-corrected chi connectivity index (χ4v) is 3.32. The number of nitrogens with one attached hydrogen (secondary N) is 2. The van der Waals surface area contributed by atoms with Gasteiger partial charge in [-0.05, 0) is 45.7 Å². The van der Waals surface area contributed by atoms with Crippen LogP contribution in [0.4, 0.5) is 0 Å². The smallest absolute Gasteiger partial charge is 0.272 e. The quantitative estimate of drug-likeness (QED) is 0.848. The minimum absolute atomic E-state index is 0. The predicted molar refractivity (Wildman–Crippen MR) is 97.1 cm³/mol. The Morgan fingerprint density at radius 2 is 2.32 bits per heavy atom. The van der Waals surface area contributed by atoms with Gasteiger partial charge in [0, 0.05) is 18.3 Å². The fourth-order valence-electron chi connectivity index (χ4n) is 3.32. The Morgan fingerprint density at radius 1 is 1.52 bits per heavy atom. The Morgan fingerprint density at radius 3 is 2.92 bits per heavy atom. The van der Waals surface area contributed by atoms with Gasteiger partial charge in [0.1, 0.15) is 11.5 Å². The largest absolute Gasteiger partial charge is 0.361 e. The molecule has 2 aromatic rings. The highest BCUT2D eigenvalue weighted by atomic mass is 35.5. The number of carbonyl (C=O) groups excluding carboxylic acids is 1. The molecule has 2 aromatic heterocycles. The topological polar surface area (TPSA) is 85.0 Å². The SMILES string of the molecule is CCC(NC(=O)c1ccn(C2CCCNC2)n1)c1c(C)noc1C.Cl. The predicted octanol–water partition coefficient (Wildman–Crippen LogP) is 2.72. The molecule has 1 saturated heterocycles. The standard InChI is InChI=1S/C17H25N5O2.ClH/c1-4-14(16-11(2)21-24-12(16)3)19-17(23)15-7-9-22(20-15)13-6-5-8-18-10-13;/h7,9,13-14,18H,4-6,8,10H2,1-3H3,(H,19,23);1H. The summed E-state index contributed by atoms with van der Waals surface area (Å²) < 4.78 is 7.12. The summed E-state index contributed by atoms with van der Waals surface area (Å²) in [6, 6.07) is 1.99. The second-order valence-corrected chi connectivity index (χ2v) is 6.35. The number of aromatic nitrogens is 3. The summed E-state index contributed by atoms with van der Waals surface area (Å²) >= 11 is 0. The minimum Gasteiger partial charge on any atom is -0.361 e. The molecular weight excluding hydrogens is 342 g/mol. The molecule has 138 valence electrons. The summed E-state index contributed by atoms with van der Waals surface area (Å²) in [6.07, 6.45) is 4.88. The molecule has 2 atom stereocenters. The number of carbonyl (C=O) groups is 1. The lowest BCUT2D eigenvalue weighted by atomic mass is 10.0. The molecule has 7 nitrogen and oxygen atoms in total. The van der Waals surface area contributed by atoms with Gasteiger partial charge in [0.25, 0.3) is 5.91 Å². The van der Waals surface area contributed by atoms with Gasteiger partial charge in [0.05, 0.1) is 17.8 Å². The number of hydrogen-bond acceptors (Lipinski definition) is 5. The Labute approximate surface area is 153 Å². The molecule has 0 saturated carbocycles. The van der Waals surface area contributed by atoms with Crippen molar-refractivity contribution in [2.45, 2.75) is 52.1 Å². The summed E-state index contributed by atoms with van der Waals surface area (Å²) in [5, 5.41) is 14.9. The monoisotopic (exact) mass is 367 g/mol. The van der Waals surface area contributed by atoms with E-state index in [0.717, 1.165) is 49.4 Å². The maximum Gasteiger partial charge on any atom is 0.272 e. The highest BCUT2D eigenvalue weighted by molar-refractivity contribution is 5.92. The van der Waals surface area contributed by atoms with Crippen LogP contribution in [-0.4, -0.2) is 33.9 Å². The van der Waals surface area contributed by atoms with Crippen LogP contribution in [-0.2, 0) is 0 Å². The molecule has 2 N–H and O–H groups in total. The average molecular weight is 368 g/mol. The van der Waals surface area contributed by atoms with Crippen molar-refractivity contribution in [1.29, 1.82) is 0 Å². The second kappa shape index (κ2) is 8.49. The Hall–Kier alpha value is -1.86. The zero-order chi connectivity index (χ0) is 17.1. The van der Waals surface area contributed by atoms with Gasteiger partial charge in [0.2, 0.25) is 0 Å². The number of aryl methyl sites for hydroxylation is 2. The molecular formula is C17H26ClN5O2. The molecule has 8 heteroatoms. The first-order valence-corrected chi connectivity index (χ1v) is 8.59. The van der Waals surface area contributed by atoms with E-state index in [4.69, 9.17) is 4.52 Å². The summed E-state index contributed by atoms with van der Waals surface area (Å²) in [6.45, 7) is 7.75. The highest BCUT2D eigenvalue weighted by Crippen LogP contribution is 2.24.